The van der Waals surface area contributed by atoms with Gasteiger partial charge in [-0.25, -0.2) is 0 Å². The normalized spacial score (nSPS) is 40.9. The molecule has 0 spiro atoms. The molecule has 2 bridgehead atoms. The summed E-state index contributed by atoms with van der Waals surface area (Å²) in [6.07, 6.45) is 8.42. The van der Waals surface area contributed by atoms with E-state index >= 15 is 0 Å². The number of rotatable bonds is 0. The number of hydrogen-bond acceptors (Lipinski definition) is 2. The minimum absolute atomic E-state index is 0.351. The van der Waals surface area contributed by atoms with E-state index in [1.165, 1.54) is 19.3 Å². The van der Waals surface area contributed by atoms with Crippen molar-refractivity contribution in [2.24, 2.45) is 0 Å². The van der Waals surface area contributed by atoms with Crippen LogP contribution in [0.15, 0.2) is 12.2 Å². The summed E-state index contributed by atoms with van der Waals surface area (Å²) in [5.74, 6) is 0. The lowest BCUT2D eigenvalue weighted by atomic mass is 10.2. The zero-order valence-corrected chi connectivity index (χ0v) is 5.34. The van der Waals surface area contributed by atoms with Crippen LogP contribution in [-0.4, -0.2) is 12.1 Å². The van der Waals surface area contributed by atoms with Gasteiger partial charge in [-0.05, 0) is 19.3 Å². The molecule has 0 aromatic rings. The van der Waals surface area contributed by atoms with Crippen molar-refractivity contribution in [1.82, 2.24) is 5.48 Å². The maximum absolute atomic E-state index is 5.27. The van der Waals surface area contributed by atoms with Gasteiger partial charge in [-0.2, -0.15) is 5.48 Å². The molecular weight excluding hydrogens is 114 g/mol. The van der Waals surface area contributed by atoms with Gasteiger partial charge in [0.25, 0.3) is 0 Å². The summed E-state index contributed by atoms with van der Waals surface area (Å²) in [7, 11) is 0. The second kappa shape index (κ2) is 2.12. The lowest BCUT2D eigenvalue weighted by molar-refractivity contribution is -0.0118. The molecule has 3 rings (SSSR count). The predicted octanol–water partition coefficient (Wildman–Crippen LogP) is 0.998. The fraction of sp³-hybridized carbons (Fsp3) is 0.714. The first-order chi connectivity index (χ1) is 4.45. The monoisotopic (exact) mass is 125 g/mol. The molecule has 1 aliphatic carbocycles. The maximum atomic E-state index is 5.27. The van der Waals surface area contributed by atoms with Gasteiger partial charge in [0, 0.05) is 0 Å². The Balaban J connectivity index is 2.15. The van der Waals surface area contributed by atoms with Crippen LogP contribution in [0.5, 0.6) is 0 Å². The summed E-state index contributed by atoms with van der Waals surface area (Å²) < 4.78 is 0. The molecule has 0 saturated carbocycles. The summed E-state index contributed by atoms with van der Waals surface area (Å²) in [6.45, 7) is 0. The standard InChI is InChI=1S/C7H11NO/c1-2-6-4-5-7(3-1)9-8-6/h4-8H,1-3H2/t6-,7+/m0/s1. The molecule has 50 valence electrons. The van der Waals surface area contributed by atoms with Crippen LogP contribution in [-0.2, 0) is 4.84 Å². The summed E-state index contributed by atoms with van der Waals surface area (Å²) in [6, 6.07) is 0.490. The fourth-order valence-electron chi connectivity index (χ4n) is 1.36. The molecule has 0 aromatic heterocycles. The van der Waals surface area contributed by atoms with Crippen LogP contribution >= 0.6 is 0 Å². The second-order valence-corrected chi connectivity index (χ2v) is 2.70. The van der Waals surface area contributed by atoms with Gasteiger partial charge in [-0.1, -0.05) is 12.2 Å². The van der Waals surface area contributed by atoms with Crippen LogP contribution in [0.3, 0.4) is 0 Å². The molecule has 1 fully saturated rings. The van der Waals surface area contributed by atoms with E-state index < -0.39 is 0 Å². The van der Waals surface area contributed by atoms with Crippen molar-refractivity contribution in [2.75, 3.05) is 0 Å². The molecule has 2 heteroatoms. The van der Waals surface area contributed by atoms with E-state index in [1.807, 2.05) is 0 Å². The van der Waals surface area contributed by atoms with E-state index in [2.05, 4.69) is 17.6 Å². The lowest BCUT2D eigenvalue weighted by Crippen LogP contribution is -2.32. The molecule has 3 aliphatic rings. The first kappa shape index (κ1) is 5.45. The Morgan fingerprint density at radius 3 is 3.11 bits per heavy atom. The third kappa shape index (κ3) is 1.00. The number of fused-ring (bicyclic) bond motifs is 3. The predicted molar refractivity (Wildman–Crippen MR) is 34.8 cm³/mol. The highest BCUT2D eigenvalue weighted by molar-refractivity contribution is 5.02. The van der Waals surface area contributed by atoms with E-state index in [4.69, 9.17) is 4.84 Å². The molecule has 2 aliphatic heterocycles. The summed E-state index contributed by atoms with van der Waals surface area (Å²) in [5.41, 5.74) is 2.99. The Bertz CT molecular complexity index is 115. The molecule has 0 amide bonds. The van der Waals surface area contributed by atoms with Crippen molar-refractivity contribution in [3.63, 3.8) is 0 Å². The molecule has 2 heterocycles. The van der Waals surface area contributed by atoms with Crippen molar-refractivity contribution >= 4 is 0 Å². The van der Waals surface area contributed by atoms with Gasteiger partial charge >= 0.3 is 0 Å². The van der Waals surface area contributed by atoms with E-state index in [0.717, 1.165) is 0 Å². The Hall–Kier alpha value is -0.340. The highest BCUT2D eigenvalue weighted by atomic mass is 16.7. The van der Waals surface area contributed by atoms with E-state index in [0.29, 0.717) is 12.1 Å². The van der Waals surface area contributed by atoms with Crippen molar-refractivity contribution in [3.05, 3.63) is 12.2 Å². The van der Waals surface area contributed by atoms with Gasteiger partial charge in [0.2, 0.25) is 0 Å². The SMILES string of the molecule is C1=C[C@H]2CCC[C@@H]1NO2. The van der Waals surface area contributed by atoms with Gasteiger partial charge in [-0.15, -0.1) is 0 Å². The maximum Gasteiger partial charge on any atom is 0.0972 e. The summed E-state index contributed by atoms with van der Waals surface area (Å²) in [4.78, 5) is 5.27. The van der Waals surface area contributed by atoms with Crippen molar-refractivity contribution < 1.29 is 4.84 Å². The van der Waals surface area contributed by atoms with Crippen LogP contribution in [0, 0.1) is 0 Å². The summed E-state index contributed by atoms with van der Waals surface area (Å²) in [5, 5.41) is 0. The van der Waals surface area contributed by atoms with Crippen LogP contribution in [0.25, 0.3) is 0 Å². The lowest BCUT2D eigenvalue weighted by Gasteiger charge is -2.18. The Kier molecular flexibility index (Phi) is 1.28. The highest BCUT2D eigenvalue weighted by Crippen LogP contribution is 2.18. The highest BCUT2D eigenvalue weighted by Gasteiger charge is 2.19. The molecule has 0 unspecified atom stereocenters. The zero-order chi connectivity index (χ0) is 6.10. The topological polar surface area (TPSA) is 21.3 Å². The second-order valence-electron chi connectivity index (χ2n) is 2.70. The molecule has 1 N–H and O–H groups in total. The molecule has 1 saturated heterocycles. The molecule has 0 aromatic carbocycles. The average molecular weight is 125 g/mol. The first-order valence-electron chi connectivity index (χ1n) is 3.54. The Morgan fingerprint density at radius 1 is 1.33 bits per heavy atom. The van der Waals surface area contributed by atoms with Gasteiger partial charge in [0.15, 0.2) is 0 Å². The Labute approximate surface area is 54.8 Å². The Morgan fingerprint density at radius 2 is 2.33 bits per heavy atom. The molecule has 0 radical (unpaired) electrons. The van der Waals surface area contributed by atoms with E-state index in [-0.39, 0.29) is 0 Å². The van der Waals surface area contributed by atoms with E-state index in [1.54, 1.807) is 0 Å². The van der Waals surface area contributed by atoms with Crippen LogP contribution in [0.4, 0.5) is 0 Å². The van der Waals surface area contributed by atoms with Crippen molar-refractivity contribution in [3.8, 4) is 0 Å². The third-order valence-corrected chi connectivity index (χ3v) is 1.93. The molecule has 2 atom stereocenters. The van der Waals surface area contributed by atoms with Crippen LogP contribution < -0.4 is 5.48 Å². The van der Waals surface area contributed by atoms with E-state index in [9.17, 15) is 0 Å². The van der Waals surface area contributed by atoms with Gasteiger partial charge < -0.3 is 0 Å². The fourth-order valence-corrected chi connectivity index (χ4v) is 1.36. The van der Waals surface area contributed by atoms with Gasteiger partial charge in [0.1, 0.15) is 0 Å². The van der Waals surface area contributed by atoms with Gasteiger partial charge in [0.05, 0.1) is 12.1 Å². The van der Waals surface area contributed by atoms with Crippen molar-refractivity contribution in [1.29, 1.82) is 0 Å². The minimum Gasteiger partial charge on any atom is -0.294 e. The number of hydroxylamine groups is 1. The average Bonchev–Trinajstić information content (AvgIpc) is 2.21. The van der Waals surface area contributed by atoms with Gasteiger partial charge in [-0.3, -0.25) is 4.84 Å². The summed E-state index contributed by atoms with van der Waals surface area (Å²) >= 11 is 0. The number of nitrogens with one attached hydrogen (secondary N) is 1. The molecular formula is C7H11NO. The van der Waals surface area contributed by atoms with Crippen molar-refractivity contribution in [2.45, 2.75) is 31.4 Å². The first-order valence-corrected chi connectivity index (χ1v) is 3.54. The molecule has 9 heavy (non-hydrogen) atoms. The zero-order valence-electron chi connectivity index (χ0n) is 5.34. The van der Waals surface area contributed by atoms with Crippen LogP contribution in [0.1, 0.15) is 19.3 Å². The third-order valence-electron chi connectivity index (χ3n) is 1.93. The smallest absolute Gasteiger partial charge is 0.0972 e. The minimum atomic E-state index is 0.351. The molecule has 2 nitrogen and oxygen atoms in total. The number of hydrogen-bond donors (Lipinski definition) is 1. The van der Waals surface area contributed by atoms with Crippen LogP contribution in [0.2, 0.25) is 0 Å². The quantitative estimate of drug-likeness (QED) is 0.488. The largest absolute Gasteiger partial charge is 0.294 e.